The smallest absolute Gasteiger partial charge is 0.430 e. The van der Waals surface area contributed by atoms with Gasteiger partial charge in [-0.3, -0.25) is 9.78 Å². The van der Waals surface area contributed by atoms with Crippen LogP contribution in [-0.2, 0) is 35.3 Å². The second-order valence-electron chi connectivity index (χ2n) is 11.9. The fourth-order valence-corrected chi connectivity index (χ4v) is 5.35. The summed E-state index contributed by atoms with van der Waals surface area (Å²) < 4.78 is 92.6. The summed E-state index contributed by atoms with van der Waals surface area (Å²) in [5.74, 6) is 0.551. The Balaban J connectivity index is 1.54. The van der Waals surface area contributed by atoms with E-state index in [0.717, 1.165) is 17.4 Å². The molecule has 0 fully saturated rings. The van der Waals surface area contributed by atoms with Gasteiger partial charge in [-0.25, -0.2) is 0 Å². The largest absolute Gasteiger partial charge is 0.487 e. The van der Waals surface area contributed by atoms with Crippen molar-refractivity contribution in [1.29, 1.82) is 0 Å². The Labute approximate surface area is 262 Å². The summed E-state index contributed by atoms with van der Waals surface area (Å²) in [5, 5.41) is 15.7. The van der Waals surface area contributed by atoms with Gasteiger partial charge in [-0.1, -0.05) is 32.1 Å². The number of nitrogens with zero attached hydrogens (tertiary/aromatic N) is 1. The van der Waals surface area contributed by atoms with Gasteiger partial charge in [0.2, 0.25) is 5.91 Å². The second kappa shape index (κ2) is 12.5. The molecule has 1 atom stereocenters. The molecule has 3 aromatic rings. The van der Waals surface area contributed by atoms with Crippen molar-refractivity contribution >= 4 is 5.91 Å². The molecular formula is C33H35F6N3O4. The lowest BCUT2D eigenvalue weighted by molar-refractivity contribution is -0.376. The van der Waals surface area contributed by atoms with Crippen LogP contribution in [0.1, 0.15) is 62.1 Å². The molecular weight excluding hydrogens is 616 g/mol. The molecule has 1 aliphatic heterocycles. The average Bonchev–Trinajstić information content (AvgIpc) is 3.28. The van der Waals surface area contributed by atoms with E-state index in [-0.39, 0.29) is 41.5 Å². The van der Waals surface area contributed by atoms with E-state index in [2.05, 4.69) is 22.2 Å². The topological polar surface area (TPSA) is 92.7 Å². The predicted octanol–water partition coefficient (Wildman–Crippen LogP) is 7.12. The van der Waals surface area contributed by atoms with Crippen molar-refractivity contribution in [1.82, 2.24) is 15.6 Å². The van der Waals surface area contributed by atoms with Gasteiger partial charge in [-0.05, 0) is 80.4 Å². The van der Waals surface area contributed by atoms with E-state index >= 15 is 0 Å². The van der Waals surface area contributed by atoms with Crippen LogP contribution < -0.4 is 20.1 Å². The van der Waals surface area contributed by atoms with Gasteiger partial charge < -0.3 is 25.2 Å². The third kappa shape index (κ3) is 6.79. The van der Waals surface area contributed by atoms with Crippen LogP contribution in [0.15, 0.2) is 67.5 Å². The third-order valence-corrected chi connectivity index (χ3v) is 7.75. The Morgan fingerprint density at radius 3 is 2.37 bits per heavy atom. The minimum atomic E-state index is -6.01. The number of aromatic nitrogens is 1. The Hall–Kier alpha value is -4.26. The molecule has 0 spiro atoms. The first-order valence-electron chi connectivity index (χ1n) is 14.5. The van der Waals surface area contributed by atoms with Crippen LogP contribution in [0.25, 0.3) is 0 Å². The summed E-state index contributed by atoms with van der Waals surface area (Å²) in [4.78, 5) is 17.8. The molecule has 1 aliphatic rings. The number of carbonyl (C=O) groups is 1. The molecule has 2 heterocycles. The van der Waals surface area contributed by atoms with Crippen LogP contribution in [0.2, 0.25) is 0 Å². The lowest BCUT2D eigenvalue weighted by Crippen LogP contribution is -2.53. The van der Waals surface area contributed by atoms with E-state index in [4.69, 9.17) is 9.47 Å². The summed E-state index contributed by atoms with van der Waals surface area (Å²) >= 11 is 0. The Morgan fingerprint density at radius 2 is 1.74 bits per heavy atom. The number of fused-ring (bicyclic) bond motifs is 1. The Kier molecular flexibility index (Phi) is 9.41. The van der Waals surface area contributed by atoms with E-state index in [1.54, 1.807) is 19.9 Å². The Bertz CT molecular complexity index is 1590. The first-order valence-corrected chi connectivity index (χ1v) is 14.5. The number of pyridine rings is 1. The van der Waals surface area contributed by atoms with E-state index < -0.39 is 29.1 Å². The van der Waals surface area contributed by atoms with E-state index in [1.807, 2.05) is 26.0 Å². The zero-order valence-electron chi connectivity index (χ0n) is 25.7. The first kappa shape index (κ1) is 34.6. The van der Waals surface area contributed by atoms with Crippen molar-refractivity contribution in [2.24, 2.45) is 0 Å². The summed E-state index contributed by atoms with van der Waals surface area (Å²) in [6.45, 7) is 11.0. The number of rotatable bonds is 11. The zero-order chi connectivity index (χ0) is 34.1. The molecule has 1 aromatic heterocycles. The second-order valence-corrected chi connectivity index (χ2v) is 11.9. The average molecular weight is 652 g/mol. The number of benzene rings is 2. The maximum Gasteiger partial charge on any atom is 0.430 e. The lowest BCUT2D eigenvalue weighted by Gasteiger charge is -2.33. The number of carbonyl (C=O) groups excluding carboxylic acids is 1. The van der Waals surface area contributed by atoms with Crippen LogP contribution in [0.4, 0.5) is 26.3 Å². The van der Waals surface area contributed by atoms with Crippen LogP contribution in [0.3, 0.4) is 0 Å². The molecule has 46 heavy (non-hydrogen) atoms. The van der Waals surface area contributed by atoms with Gasteiger partial charge in [0.05, 0.1) is 12.2 Å². The highest BCUT2D eigenvalue weighted by atomic mass is 19.4. The number of amides is 1. The van der Waals surface area contributed by atoms with E-state index in [0.29, 0.717) is 36.2 Å². The molecule has 248 valence electrons. The fourth-order valence-electron chi connectivity index (χ4n) is 5.35. The number of halogens is 6. The maximum absolute atomic E-state index is 13.5. The third-order valence-electron chi connectivity index (χ3n) is 7.75. The highest BCUT2D eigenvalue weighted by Crippen LogP contribution is 2.50. The van der Waals surface area contributed by atoms with Crippen molar-refractivity contribution in [3.05, 3.63) is 95.5 Å². The van der Waals surface area contributed by atoms with Crippen molar-refractivity contribution in [3.8, 4) is 17.2 Å². The highest BCUT2D eigenvalue weighted by Gasteiger charge is 2.71. The number of aliphatic hydroxyl groups is 1. The molecule has 0 bridgehead atoms. The number of hydrogen-bond acceptors (Lipinski definition) is 6. The zero-order valence-corrected chi connectivity index (χ0v) is 25.7. The summed E-state index contributed by atoms with van der Waals surface area (Å²) in [6.07, 6.45) is -8.09. The van der Waals surface area contributed by atoms with Crippen molar-refractivity contribution < 1.29 is 45.7 Å². The lowest BCUT2D eigenvalue weighted by atomic mass is 9.88. The van der Waals surface area contributed by atoms with Gasteiger partial charge in [0.25, 0.3) is 5.60 Å². The van der Waals surface area contributed by atoms with Crippen LogP contribution in [-0.4, -0.2) is 34.0 Å². The molecule has 0 radical (unpaired) electrons. The molecule has 4 rings (SSSR count). The number of aryl methyl sites for hydroxylation is 1. The molecule has 1 amide bonds. The maximum atomic E-state index is 13.5. The monoisotopic (exact) mass is 651 g/mol. The summed E-state index contributed by atoms with van der Waals surface area (Å²) in [7, 11) is 0. The quantitative estimate of drug-likeness (QED) is 0.191. The SMILES string of the molecule is C=CNC(C)(C(=O)NCc1cc(Oc2ccc(C(O)(C(F)(F)F)C(F)(F)F)cc2CCC)ccn1)c1ccc2c(c1)CC(C)(C)O2. The minimum Gasteiger partial charge on any atom is -0.487 e. The van der Waals surface area contributed by atoms with E-state index in [9.17, 15) is 36.2 Å². The van der Waals surface area contributed by atoms with Crippen LogP contribution in [0.5, 0.6) is 17.2 Å². The van der Waals surface area contributed by atoms with Gasteiger partial charge >= 0.3 is 12.4 Å². The van der Waals surface area contributed by atoms with Crippen LogP contribution >= 0.6 is 0 Å². The molecule has 0 aliphatic carbocycles. The molecule has 1 unspecified atom stereocenters. The first-order chi connectivity index (χ1) is 21.3. The number of nitrogens with one attached hydrogen (secondary N) is 2. The minimum absolute atomic E-state index is 0.00464. The van der Waals surface area contributed by atoms with Gasteiger partial charge in [0.1, 0.15) is 28.4 Å². The number of hydrogen-bond donors (Lipinski definition) is 3. The van der Waals surface area contributed by atoms with Gasteiger partial charge in [-0.2, -0.15) is 26.3 Å². The van der Waals surface area contributed by atoms with Crippen molar-refractivity contribution in [3.63, 3.8) is 0 Å². The number of ether oxygens (including phenoxy) is 2. The van der Waals surface area contributed by atoms with Gasteiger partial charge in [0, 0.05) is 24.2 Å². The molecule has 7 nitrogen and oxygen atoms in total. The highest BCUT2D eigenvalue weighted by molar-refractivity contribution is 5.87. The summed E-state index contributed by atoms with van der Waals surface area (Å²) in [6, 6.07) is 10.6. The predicted molar refractivity (Wildman–Crippen MR) is 158 cm³/mol. The standard InChI is InChI=1S/C33H35F6N3O4/c1-6-8-20-15-23(31(44,32(34,35)36)33(37,38)39)10-11-26(20)45-25-13-14-40-24(17-25)19-41-28(43)30(5,42-7-2)22-9-12-27-21(16-22)18-29(3,4)46-27/h7,9-17,42,44H,2,6,8,18-19H2,1,3-5H3,(H,41,43). The molecule has 2 aromatic carbocycles. The van der Waals surface area contributed by atoms with E-state index in [1.165, 1.54) is 24.5 Å². The Morgan fingerprint density at radius 1 is 1.07 bits per heavy atom. The number of alkyl halides is 6. The molecule has 0 saturated heterocycles. The fraction of sp³-hybridized carbons (Fsp3) is 0.394. The van der Waals surface area contributed by atoms with Crippen LogP contribution in [0, 0.1) is 0 Å². The van der Waals surface area contributed by atoms with Gasteiger partial charge in [0.15, 0.2) is 0 Å². The molecule has 3 N–H and O–H groups in total. The van der Waals surface area contributed by atoms with Crippen molar-refractivity contribution in [2.75, 3.05) is 0 Å². The van der Waals surface area contributed by atoms with Crippen molar-refractivity contribution in [2.45, 2.75) is 82.6 Å². The molecule has 13 heteroatoms. The summed E-state index contributed by atoms with van der Waals surface area (Å²) in [5.41, 5.74) is -5.93. The molecule has 0 saturated carbocycles. The van der Waals surface area contributed by atoms with Gasteiger partial charge in [-0.15, -0.1) is 0 Å². The normalized spacial score (nSPS) is 15.7.